The van der Waals surface area contributed by atoms with E-state index in [1.807, 2.05) is 0 Å². The Morgan fingerprint density at radius 3 is 2.11 bits per heavy atom. The summed E-state index contributed by atoms with van der Waals surface area (Å²) >= 11 is 0. The van der Waals surface area contributed by atoms with Crippen LogP contribution in [0.15, 0.2) is 0 Å². The Balaban J connectivity index is 1.72. The molecule has 0 radical (unpaired) electrons. The van der Waals surface area contributed by atoms with Crippen molar-refractivity contribution in [2.45, 2.75) is 69.7 Å². The molecule has 18 heavy (non-hydrogen) atoms. The Hall–Kier alpha value is -0.0800. The molecule has 0 unspecified atom stereocenters. The van der Waals surface area contributed by atoms with Gasteiger partial charge >= 0.3 is 0 Å². The van der Waals surface area contributed by atoms with E-state index in [-0.39, 0.29) is 0 Å². The molecule has 2 aliphatic carbocycles. The van der Waals surface area contributed by atoms with Gasteiger partial charge in [0.05, 0.1) is 0 Å². The summed E-state index contributed by atoms with van der Waals surface area (Å²) in [6.45, 7) is 2.46. The van der Waals surface area contributed by atoms with Crippen LogP contribution in [-0.2, 0) is 0 Å². The van der Waals surface area contributed by atoms with Gasteiger partial charge < -0.3 is 10.2 Å². The van der Waals surface area contributed by atoms with E-state index in [1.54, 1.807) is 0 Å². The number of nitrogens with zero attached hydrogens (tertiary/aromatic N) is 1. The Morgan fingerprint density at radius 1 is 0.944 bits per heavy atom. The summed E-state index contributed by atoms with van der Waals surface area (Å²) in [5, 5.41) is 3.81. The second-order valence-corrected chi connectivity index (χ2v) is 6.81. The fourth-order valence-corrected chi connectivity index (χ4v) is 3.89. The van der Waals surface area contributed by atoms with Gasteiger partial charge in [-0.1, -0.05) is 38.5 Å². The van der Waals surface area contributed by atoms with E-state index in [1.165, 1.54) is 77.3 Å². The fourth-order valence-electron chi connectivity index (χ4n) is 3.89. The maximum atomic E-state index is 3.81. The molecule has 0 aliphatic heterocycles. The Bertz CT molecular complexity index is 223. The number of nitrogens with one attached hydrogen (secondary N) is 1. The highest BCUT2D eigenvalue weighted by Gasteiger charge is 2.35. The lowest BCUT2D eigenvalue weighted by Crippen LogP contribution is -2.50. The zero-order chi connectivity index (χ0) is 12.8. The highest BCUT2D eigenvalue weighted by atomic mass is 15.2. The minimum Gasteiger partial charge on any atom is -0.315 e. The van der Waals surface area contributed by atoms with E-state index in [2.05, 4.69) is 24.3 Å². The topological polar surface area (TPSA) is 15.3 Å². The first-order chi connectivity index (χ1) is 8.73. The monoisotopic (exact) mass is 252 g/mol. The Kier molecular flexibility index (Phi) is 5.50. The molecule has 0 aromatic rings. The minimum atomic E-state index is 0.463. The molecule has 106 valence electrons. The molecular weight excluding hydrogens is 220 g/mol. The van der Waals surface area contributed by atoms with Crippen LogP contribution in [0.3, 0.4) is 0 Å². The predicted octanol–water partition coefficient (Wildman–Crippen LogP) is 3.42. The summed E-state index contributed by atoms with van der Waals surface area (Å²) in [5.74, 6) is 0.952. The Morgan fingerprint density at radius 2 is 1.56 bits per heavy atom. The molecule has 0 aromatic heterocycles. The van der Waals surface area contributed by atoms with Crippen molar-refractivity contribution >= 4 is 0 Å². The predicted molar refractivity (Wildman–Crippen MR) is 78.9 cm³/mol. The first kappa shape index (κ1) is 14.3. The normalized spacial score (nSPS) is 25.5. The van der Waals surface area contributed by atoms with Crippen molar-refractivity contribution in [3.63, 3.8) is 0 Å². The van der Waals surface area contributed by atoms with Crippen LogP contribution < -0.4 is 5.32 Å². The molecule has 0 heterocycles. The van der Waals surface area contributed by atoms with Crippen LogP contribution in [0.5, 0.6) is 0 Å². The molecule has 0 saturated heterocycles. The number of hydrogen-bond acceptors (Lipinski definition) is 2. The van der Waals surface area contributed by atoms with E-state index in [0.717, 1.165) is 5.92 Å². The molecule has 0 spiro atoms. The van der Waals surface area contributed by atoms with Crippen LogP contribution in [0.4, 0.5) is 0 Å². The lowest BCUT2D eigenvalue weighted by atomic mass is 9.95. The fraction of sp³-hybridized carbons (Fsp3) is 1.00. The van der Waals surface area contributed by atoms with Gasteiger partial charge in [-0.2, -0.15) is 0 Å². The van der Waals surface area contributed by atoms with Gasteiger partial charge in [-0.3, -0.25) is 0 Å². The van der Waals surface area contributed by atoms with Crippen molar-refractivity contribution in [2.75, 3.05) is 27.2 Å². The van der Waals surface area contributed by atoms with Gasteiger partial charge in [0.2, 0.25) is 0 Å². The third-order valence-electron chi connectivity index (χ3n) is 5.34. The smallest absolute Gasteiger partial charge is 0.0327 e. The van der Waals surface area contributed by atoms with Gasteiger partial charge in [0.1, 0.15) is 0 Å². The number of hydrogen-bond donors (Lipinski definition) is 1. The lowest BCUT2D eigenvalue weighted by Gasteiger charge is -2.37. The highest BCUT2D eigenvalue weighted by Crippen LogP contribution is 2.33. The van der Waals surface area contributed by atoms with Crippen molar-refractivity contribution in [1.82, 2.24) is 10.2 Å². The van der Waals surface area contributed by atoms with Crippen molar-refractivity contribution in [1.29, 1.82) is 0 Å². The summed E-state index contributed by atoms with van der Waals surface area (Å²) < 4.78 is 0. The molecule has 2 heteroatoms. The second-order valence-electron chi connectivity index (χ2n) is 6.81. The van der Waals surface area contributed by atoms with Gasteiger partial charge in [0.25, 0.3) is 0 Å². The average Bonchev–Trinajstić information content (AvgIpc) is 2.68. The van der Waals surface area contributed by atoms with Gasteiger partial charge in [0, 0.05) is 12.1 Å². The van der Waals surface area contributed by atoms with Gasteiger partial charge in [0.15, 0.2) is 0 Å². The SMILES string of the molecule is CN(C)C1(CNCC2CCCCCC2)CCCC1. The van der Waals surface area contributed by atoms with E-state index >= 15 is 0 Å². The van der Waals surface area contributed by atoms with Gasteiger partial charge in [-0.05, 0) is 52.2 Å². The third kappa shape index (κ3) is 3.71. The maximum Gasteiger partial charge on any atom is 0.0327 e. The molecule has 2 fully saturated rings. The summed E-state index contributed by atoms with van der Waals surface area (Å²) in [5.41, 5.74) is 0.463. The van der Waals surface area contributed by atoms with Gasteiger partial charge in [-0.25, -0.2) is 0 Å². The first-order valence-corrected chi connectivity index (χ1v) is 8.11. The maximum absolute atomic E-state index is 3.81. The summed E-state index contributed by atoms with van der Waals surface area (Å²) in [6, 6.07) is 0. The third-order valence-corrected chi connectivity index (χ3v) is 5.34. The zero-order valence-electron chi connectivity index (χ0n) is 12.5. The van der Waals surface area contributed by atoms with Gasteiger partial charge in [-0.15, -0.1) is 0 Å². The van der Waals surface area contributed by atoms with E-state index in [4.69, 9.17) is 0 Å². The Labute approximate surface area is 114 Å². The molecule has 2 nitrogen and oxygen atoms in total. The minimum absolute atomic E-state index is 0.463. The molecule has 0 aromatic carbocycles. The van der Waals surface area contributed by atoms with Crippen LogP contribution in [0, 0.1) is 5.92 Å². The van der Waals surface area contributed by atoms with Crippen molar-refractivity contribution in [3.05, 3.63) is 0 Å². The summed E-state index contributed by atoms with van der Waals surface area (Å²) in [6.07, 6.45) is 14.4. The number of rotatable bonds is 5. The van der Waals surface area contributed by atoms with Crippen LogP contribution in [0.2, 0.25) is 0 Å². The van der Waals surface area contributed by atoms with E-state index in [9.17, 15) is 0 Å². The highest BCUT2D eigenvalue weighted by molar-refractivity contribution is 4.94. The zero-order valence-corrected chi connectivity index (χ0v) is 12.5. The summed E-state index contributed by atoms with van der Waals surface area (Å²) in [7, 11) is 4.53. The van der Waals surface area contributed by atoms with Crippen LogP contribution in [0.25, 0.3) is 0 Å². The average molecular weight is 252 g/mol. The molecule has 0 amide bonds. The van der Waals surface area contributed by atoms with E-state index < -0.39 is 0 Å². The van der Waals surface area contributed by atoms with Crippen molar-refractivity contribution in [3.8, 4) is 0 Å². The van der Waals surface area contributed by atoms with Crippen molar-refractivity contribution in [2.24, 2.45) is 5.92 Å². The van der Waals surface area contributed by atoms with Crippen LogP contribution in [-0.4, -0.2) is 37.6 Å². The largest absolute Gasteiger partial charge is 0.315 e. The molecule has 0 atom stereocenters. The second kappa shape index (κ2) is 6.91. The number of likely N-dealkylation sites (N-methyl/N-ethyl adjacent to an activating group) is 1. The summed E-state index contributed by atoms with van der Waals surface area (Å²) in [4.78, 5) is 2.47. The first-order valence-electron chi connectivity index (χ1n) is 8.11. The molecule has 2 saturated carbocycles. The molecule has 2 rings (SSSR count). The lowest BCUT2D eigenvalue weighted by molar-refractivity contribution is 0.151. The van der Waals surface area contributed by atoms with Crippen LogP contribution in [0.1, 0.15) is 64.2 Å². The molecular formula is C16H32N2. The van der Waals surface area contributed by atoms with Crippen LogP contribution >= 0.6 is 0 Å². The van der Waals surface area contributed by atoms with E-state index in [0.29, 0.717) is 5.54 Å². The molecule has 0 bridgehead atoms. The van der Waals surface area contributed by atoms with Crippen molar-refractivity contribution < 1.29 is 0 Å². The quantitative estimate of drug-likeness (QED) is 0.754. The standard InChI is InChI=1S/C16H32N2/c1-18(2)16(11-7-8-12-16)14-17-13-15-9-5-3-4-6-10-15/h15,17H,3-14H2,1-2H3. The molecule has 2 aliphatic rings. The molecule has 1 N–H and O–H groups in total.